The van der Waals surface area contributed by atoms with Crippen molar-refractivity contribution in [1.82, 2.24) is 25.3 Å². The van der Waals surface area contributed by atoms with Gasteiger partial charge in [0.05, 0.1) is 10.6 Å². The minimum atomic E-state index is -0.524. The molecule has 0 aliphatic carbocycles. The largest absolute Gasteiger partial charge is 0.340 e. The Hall–Kier alpha value is -1.64. The van der Waals surface area contributed by atoms with Gasteiger partial charge < -0.3 is 15.5 Å². The molecule has 0 radical (unpaired) electrons. The fourth-order valence-corrected chi connectivity index (χ4v) is 5.09. The predicted octanol–water partition coefficient (Wildman–Crippen LogP) is 1.84. The first-order valence-corrected chi connectivity index (χ1v) is 10.0. The normalized spacial score (nSPS) is 23.0. The summed E-state index contributed by atoms with van der Waals surface area (Å²) in [5, 5.41) is 11.8. The highest BCUT2D eigenvalue weighted by molar-refractivity contribution is 7.20. The van der Waals surface area contributed by atoms with Crippen LogP contribution in [0.4, 0.5) is 0 Å². The number of rotatable bonds is 3. The van der Waals surface area contributed by atoms with Crippen molar-refractivity contribution in [3.8, 4) is 0 Å². The van der Waals surface area contributed by atoms with Crippen LogP contribution in [0.5, 0.6) is 0 Å². The van der Waals surface area contributed by atoms with Crippen LogP contribution in [0.3, 0.4) is 0 Å². The van der Waals surface area contributed by atoms with Crippen LogP contribution in [0.25, 0.3) is 10.2 Å². The van der Waals surface area contributed by atoms with E-state index in [9.17, 15) is 9.59 Å². The quantitative estimate of drug-likeness (QED) is 0.807. The number of carbonyl (C=O) groups excluding carboxylic acids is 2. The number of fused-ring (bicyclic) bond motifs is 3. The molecular formula is C18H26ClN5O2S. The molecule has 0 aromatic carbocycles. The van der Waals surface area contributed by atoms with E-state index in [1.165, 1.54) is 17.8 Å². The number of amides is 2. The summed E-state index contributed by atoms with van der Waals surface area (Å²) in [5.74, 6) is -0.187. The average Bonchev–Trinajstić information content (AvgIpc) is 3.24. The van der Waals surface area contributed by atoms with Crippen molar-refractivity contribution in [3.05, 3.63) is 16.6 Å². The Bertz CT molecular complexity index is 829. The molecule has 27 heavy (non-hydrogen) atoms. The topological polar surface area (TPSA) is 79.3 Å². The Morgan fingerprint density at radius 3 is 2.81 bits per heavy atom. The maximum atomic E-state index is 12.8. The van der Waals surface area contributed by atoms with Crippen LogP contribution in [-0.4, -0.2) is 57.7 Å². The predicted molar refractivity (Wildman–Crippen MR) is 109 cm³/mol. The van der Waals surface area contributed by atoms with Crippen molar-refractivity contribution >= 4 is 45.8 Å². The van der Waals surface area contributed by atoms with E-state index < -0.39 is 6.04 Å². The molecule has 2 saturated heterocycles. The number of aryl methyl sites for hydroxylation is 2. The number of nitrogens with zero attached hydrogens (tertiary/aromatic N) is 3. The van der Waals surface area contributed by atoms with E-state index in [4.69, 9.17) is 0 Å². The van der Waals surface area contributed by atoms with E-state index in [-0.39, 0.29) is 24.2 Å². The first kappa shape index (κ1) is 20.1. The van der Waals surface area contributed by atoms with Gasteiger partial charge in [-0.05, 0) is 39.2 Å². The maximum Gasteiger partial charge on any atom is 0.262 e. The molecule has 2 amide bonds. The summed E-state index contributed by atoms with van der Waals surface area (Å²) in [6.45, 7) is 5.21. The number of hydrogen-bond donors (Lipinski definition) is 2. The van der Waals surface area contributed by atoms with Crippen molar-refractivity contribution in [2.24, 2.45) is 7.05 Å². The fraction of sp³-hybridized carbons (Fsp3) is 0.611. The van der Waals surface area contributed by atoms with E-state index >= 15 is 0 Å². The van der Waals surface area contributed by atoms with Crippen molar-refractivity contribution in [2.45, 2.75) is 51.2 Å². The summed E-state index contributed by atoms with van der Waals surface area (Å²) in [4.78, 5) is 28.9. The second-order valence-electron chi connectivity index (χ2n) is 7.44. The first-order chi connectivity index (χ1) is 12.4. The van der Waals surface area contributed by atoms with Gasteiger partial charge in [-0.3, -0.25) is 14.3 Å². The summed E-state index contributed by atoms with van der Waals surface area (Å²) in [5.41, 5.74) is 0.911. The number of hydrogen-bond acceptors (Lipinski definition) is 5. The molecule has 4 rings (SSSR count). The lowest BCUT2D eigenvalue weighted by molar-refractivity contribution is -0.133. The van der Waals surface area contributed by atoms with Crippen LogP contribution in [0.2, 0.25) is 0 Å². The van der Waals surface area contributed by atoms with Crippen LogP contribution in [0.1, 0.15) is 41.6 Å². The third-order valence-corrected chi connectivity index (χ3v) is 6.67. The highest BCUT2D eigenvalue weighted by atomic mass is 35.5. The monoisotopic (exact) mass is 411 g/mol. The molecule has 9 heteroatoms. The first-order valence-electron chi connectivity index (χ1n) is 9.21. The average molecular weight is 412 g/mol. The summed E-state index contributed by atoms with van der Waals surface area (Å²) < 4.78 is 1.79. The van der Waals surface area contributed by atoms with Crippen molar-refractivity contribution in [2.75, 3.05) is 13.1 Å². The van der Waals surface area contributed by atoms with Gasteiger partial charge in [0, 0.05) is 37.6 Å². The Balaban J connectivity index is 0.00000210. The lowest BCUT2D eigenvalue weighted by Gasteiger charge is -2.27. The zero-order chi connectivity index (χ0) is 18.4. The molecule has 3 atom stereocenters. The van der Waals surface area contributed by atoms with Crippen LogP contribution in [-0.2, 0) is 11.8 Å². The Labute approximate surface area is 168 Å². The smallest absolute Gasteiger partial charge is 0.262 e. The van der Waals surface area contributed by atoms with Gasteiger partial charge in [-0.25, -0.2) is 0 Å². The highest BCUT2D eigenvalue weighted by Crippen LogP contribution is 2.27. The second-order valence-corrected chi connectivity index (χ2v) is 8.48. The van der Waals surface area contributed by atoms with Gasteiger partial charge in [0.2, 0.25) is 5.91 Å². The Morgan fingerprint density at radius 2 is 2.07 bits per heavy atom. The Morgan fingerprint density at radius 1 is 1.33 bits per heavy atom. The Kier molecular flexibility index (Phi) is 5.79. The molecule has 2 aliphatic heterocycles. The standard InChI is InChI=1S/C18H25N5O2S.ClH/c1-10-14-8-15(26-18(14)22(3)21-10)16(24)19-11(2)17(25)23-7-6-12-4-5-13(9-23)20-12;/h8,11-13,20H,4-7,9H2,1-3H3,(H,19,24);1H. The van der Waals surface area contributed by atoms with Crippen molar-refractivity contribution in [1.29, 1.82) is 0 Å². The van der Waals surface area contributed by atoms with Gasteiger partial charge in [0.1, 0.15) is 10.9 Å². The molecule has 2 bridgehead atoms. The molecule has 2 N–H and O–H groups in total. The molecule has 0 saturated carbocycles. The zero-order valence-electron chi connectivity index (χ0n) is 15.8. The minimum absolute atomic E-state index is 0. The van der Waals surface area contributed by atoms with Gasteiger partial charge in [0.15, 0.2) is 0 Å². The number of aromatic nitrogens is 2. The molecule has 0 spiro atoms. The summed E-state index contributed by atoms with van der Waals surface area (Å²) in [7, 11) is 1.88. The minimum Gasteiger partial charge on any atom is -0.340 e. The summed E-state index contributed by atoms with van der Waals surface area (Å²) >= 11 is 1.41. The summed E-state index contributed by atoms with van der Waals surface area (Å²) in [6.07, 6.45) is 3.33. The maximum absolute atomic E-state index is 12.8. The number of halogens is 1. The van der Waals surface area contributed by atoms with Crippen LogP contribution < -0.4 is 10.6 Å². The van der Waals surface area contributed by atoms with Crippen molar-refractivity contribution in [3.63, 3.8) is 0 Å². The third-order valence-electron chi connectivity index (χ3n) is 5.47. The van der Waals surface area contributed by atoms with Crippen LogP contribution in [0, 0.1) is 6.92 Å². The van der Waals surface area contributed by atoms with E-state index in [2.05, 4.69) is 15.7 Å². The van der Waals surface area contributed by atoms with Gasteiger partial charge in [-0.15, -0.1) is 23.7 Å². The van der Waals surface area contributed by atoms with Crippen LogP contribution >= 0.6 is 23.7 Å². The molecule has 2 aromatic rings. The molecular weight excluding hydrogens is 386 g/mol. The second kappa shape index (κ2) is 7.77. The number of nitrogens with one attached hydrogen (secondary N) is 2. The van der Waals surface area contributed by atoms with Crippen LogP contribution in [0.15, 0.2) is 6.07 Å². The molecule has 2 fully saturated rings. The number of carbonyl (C=O) groups is 2. The van der Waals surface area contributed by atoms with E-state index in [1.54, 1.807) is 11.6 Å². The van der Waals surface area contributed by atoms with Gasteiger partial charge >= 0.3 is 0 Å². The SMILES string of the molecule is Cc1nn(C)c2sc(C(=O)NC(C)C(=O)N3CCC4CCC(C3)N4)cc12.Cl. The molecule has 3 unspecified atom stereocenters. The van der Waals surface area contributed by atoms with Gasteiger partial charge in [0.25, 0.3) is 5.91 Å². The zero-order valence-corrected chi connectivity index (χ0v) is 17.5. The lowest BCUT2D eigenvalue weighted by atomic mass is 10.1. The molecule has 148 valence electrons. The summed E-state index contributed by atoms with van der Waals surface area (Å²) in [6, 6.07) is 2.28. The number of likely N-dealkylation sites (tertiary alicyclic amines) is 1. The highest BCUT2D eigenvalue weighted by Gasteiger charge is 2.33. The molecule has 2 aromatic heterocycles. The molecule has 7 nitrogen and oxygen atoms in total. The van der Waals surface area contributed by atoms with E-state index in [0.29, 0.717) is 17.0 Å². The van der Waals surface area contributed by atoms with Gasteiger partial charge in [-0.1, -0.05) is 0 Å². The van der Waals surface area contributed by atoms with E-state index in [0.717, 1.165) is 41.8 Å². The molecule has 2 aliphatic rings. The molecule has 4 heterocycles. The lowest BCUT2D eigenvalue weighted by Crippen LogP contribution is -2.49. The van der Waals surface area contributed by atoms with E-state index in [1.807, 2.05) is 24.9 Å². The van der Waals surface area contributed by atoms with Crippen molar-refractivity contribution < 1.29 is 9.59 Å². The number of thiophene rings is 1. The fourth-order valence-electron chi connectivity index (χ4n) is 4.06. The van der Waals surface area contributed by atoms with Gasteiger partial charge in [-0.2, -0.15) is 5.10 Å². The third kappa shape index (κ3) is 3.83.